The Labute approximate surface area is 119 Å². The summed E-state index contributed by atoms with van der Waals surface area (Å²) in [5.41, 5.74) is 7.09. The molecule has 1 aliphatic heterocycles. The summed E-state index contributed by atoms with van der Waals surface area (Å²) >= 11 is 0. The van der Waals surface area contributed by atoms with Crippen molar-refractivity contribution in [3.05, 3.63) is 35.4 Å². The third kappa shape index (κ3) is 4.34. The van der Waals surface area contributed by atoms with E-state index >= 15 is 0 Å². The molecule has 1 saturated heterocycles. The monoisotopic (exact) mass is 272 g/mol. The van der Waals surface area contributed by atoms with E-state index in [9.17, 15) is 4.79 Å². The second kappa shape index (κ2) is 7.04. The van der Waals surface area contributed by atoms with Crippen LogP contribution in [0.2, 0.25) is 0 Å². The Balaban J connectivity index is 1.76. The van der Waals surface area contributed by atoms with Gasteiger partial charge >= 0.3 is 0 Å². The molecule has 5 heteroatoms. The van der Waals surface area contributed by atoms with Gasteiger partial charge in [-0.3, -0.25) is 9.69 Å². The third-order valence-corrected chi connectivity index (χ3v) is 3.63. The average molecular weight is 272 g/mol. The first kappa shape index (κ1) is 14.5. The molecule has 0 aromatic heterocycles. The van der Waals surface area contributed by atoms with Gasteiger partial charge in [0.15, 0.2) is 0 Å². The van der Waals surface area contributed by atoms with Crippen LogP contribution in [0.15, 0.2) is 24.3 Å². The van der Waals surface area contributed by atoms with E-state index in [1.165, 1.54) is 5.56 Å². The predicted octanol–water partition coefficient (Wildman–Crippen LogP) is 0.551. The minimum Gasteiger partial charge on any atom is -0.370 e. The van der Waals surface area contributed by atoms with Crippen molar-refractivity contribution in [1.29, 1.82) is 5.26 Å². The molecule has 5 nitrogen and oxygen atoms in total. The van der Waals surface area contributed by atoms with Crippen LogP contribution < -0.4 is 5.73 Å². The van der Waals surface area contributed by atoms with E-state index in [1.807, 2.05) is 24.3 Å². The third-order valence-electron chi connectivity index (χ3n) is 3.63. The highest BCUT2D eigenvalue weighted by Gasteiger charge is 2.16. The van der Waals surface area contributed by atoms with Crippen molar-refractivity contribution in [3.63, 3.8) is 0 Å². The number of nitrogens with zero attached hydrogens (tertiary/aromatic N) is 3. The van der Waals surface area contributed by atoms with Gasteiger partial charge in [0.25, 0.3) is 0 Å². The molecule has 20 heavy (non-hydrogen) atoms. The quantitative estimate of drug-likeness (QED) is 0.849. The molecule has 0 spiro atoms. The van der Waals surface area contributed by atoms with Crippen LogP contribution in [-0.2, 0) is 11.3 Å². The molecule has 1 fully saturated rings. The Morgan fingerprint density at radius 2 is 1.75 bits per heavy atom. The summed E-state index contributed by atoms with van der Waals surface area (Å²) in [6, 6.07) is 9.87. The summed E-state index contributed by atoms with van der Waals surface area (Å²) < 4.78 is 0. The van der Waals surface area contributed by atoms with E-state index in [1.54, 1.807) is 0 Å². The molecule has 1 aromatic rings. The van der Waals surface area contributed by atoms with Crippen molar-refractivity contribution in [1.82, 2.24) is 9.80 Å². The molecule has 2 N–H and O–H groups in total. The Hall–Kier alpha value is -1.90. The van der Waals surface area contributed by atoms with Crippen molar-refractivity contribution in [2.24, 2.45) is 5.73 Å². The number of carbonyl (C=O) groups is 1. The lowest BCUT2D eigenvalue weighted by Gasteiger charge is -2.34. The van der Waals surface area contributed by atoms with E-state index < -0.39 is 0 Å². The van der Waals surface area contributed by atoms with Crippen molar-refractivity contribution >= 4 is 5.91 Å². The van der Waals surface area contributed by atoms with Crippen LogP contribution in [0, 0.1) is 11.3 Å². The standard InChI is InChI=1S/C15H20N4O/c16-11-13-1-3-14(4-2-13)12-19-9-7-18(8-10-19)6-5-15(17)20/h1-4H,5-10,12H2,(H2,17,20). The summed E-state index contributed by atoms with van der Waals surface area (Å²) in [5.74, 6) is -0.231. The minimum atomic E-state index is -0.231. The van der Waals surface area contributed by atoms with Gasteiger partial charge < -0.3 is 10.6 Å². The highest BCUT2D eigenvalue weighted by molar-refractivity contribution is 5.73. The largest absolute Gasteiger partial charge is 0.370 e. The lowest BCUT2D eigenvalue weighted by Crippen LogP contribution is -2.46. The number of carbonyl (C=O) groups excluding carboxylic acids is 1. The van der Waals surface area contributed by atoms with Gasteiger partial charge in [-0.15, -0.1) is 0 Å². The molecule has 0 unspecified atom stereocenters. The summed E-state index contributed by atoms with van der Waals surface area (Å²) in [4.78, 5) is 15.4. The second-order valence-corrected chi connectivity index (χ2v) is 5.14. The van der Waals surface area contributed by atoms with Gasteiger partial charge in [0.1, 0.15) is 0 Å². The van der Waals surface area contributed by atoms with Crippen LogP contribution in [0.5, 0.6) is 0 Å². The Morgan fingerprint density at radius 3 is 2.30 bits per heavy atom. The topological polar surface area (TPSA) is 73.4 Å². The SMILES string of the molecule is N#Cc1ccc(CN2CCN(CCC(N)=O)CC2)cc1. The van der Waals surface area contributed by atoms with E-state index in [2.05, 4.69) is 15.9 Å². The first-order valence-electron chi connectivity index (χ1n) is 6.89. The van der Waals surface area contributed by atoms with Gasteiger partial charge in [-0.25, -0.2) is 0 Å². The van der Waals surface area contributed by atoms with Gasteiger partial charge in [-0.1, -0.05) is 12.1 Å². The molecular weight excluding hydrogens is 252 g/mol. The fourth-order valence-electron chi connectivity index (χ4n) is 2.38. The Bertz CT molecular complexity index is 484. The second-order valence-electron chi connectivity index (χ2n) is 5.14. The van der Waals surface area contributed by atoms with Crippen molar-refractivity contribution < 1.29 is 4.79 Å². The van der Waals surface area contributed by atoms with Crippen molar-refractivity contribution in [3.8, 4) is 6.07 Å². The van der Waals surface area contributed by atoms with Gasteiger partial charge in [0.2, 0.25) is 5.91 Å². The van der Waals surface area contributed by atoms with Crippen molar-refractivity contribution in [2.45, 2.75) is 13.0 Å². The molecule has 0 aliphatic carbocycles. The molecule has 1 amide bonds. The van der Waals surface area contributed by atoms with E-state index in [-0.39, 0.29) is 5.91 Å². The molecule has 2 rings (SSSR count). The van der Waals surface area contributed by atoms with Gasteiger partial charge in [0, 0.05) is 45.7 Å². The lowest BCUT2D eigenvalue weighted by molar-refractivity contribution is -0.118. The average Bonchev–Trinajstić information content (AvgIpc) is 2.47. The fraction of sp³-hybridized carbons (Fsp3) is 0.467. The first-order chi connectivity index (χ1) is 9.67. The number of nitriles is 1. The summed E-state index contributed by atoms with van der Waals surface area (Å²) in [6.07, 6.45) is 0.440. The van der Waals surface area contributed by atoms with Crippen LogP contribution in [0.25, 0.3) is 0 Å². The molecule has 1 aliphatic rings. The number of amides is 1. The zero-order valence-corrected chi connectivity index (χ0v) is 11.6. The normalized spacial score (nSPS) is 16.8. The number of hydrogen-bond acceptors (Lipinski definition) is 4. The Morgan fingerprint density at radius 1 is 1.15 bits per heavy atom. The zero-order valence-electron chi connectivity index (χ0n) is 11.6. The molecular formula is C15H20N4O. The molecule has 0 bridgehead atoms. The zero-order chi connectivity index (χ0) is 14.4. The number of primary amides is 1. The Kier molecular flexibility index (Phi) is 5.10. The molecule has 106 valence electrons. The predicted molar refractivity (Wildman–Crippen MR) is 76.7 cm³/mol. The molecule has 1 heterocycles. The van der Waals surface area contributed by atoms with Crippen LogP contribution in [0.4, 0.5) is 0 Å². The van der Waals surface area contributed by atoms with E-state index in [0.717, 1.165) is 39.3 Å². The summed E-state index contributed by atoms with van der Waals surface area (Å²) in [6.45, 7) is 5.63. The van der Waals surface area contributed by atoms with Crippen LogP contribution in [0.3, 0.4) is 0 Å². The van der Waals surface area contributed by atoms with Crippen LogP contribution in [-0.4, -0.2) is 48.4 Å². The first-order valence-corrected chi connectivity index (χ1v) is 6.89. The number of rotatable bonds is 5. The van der Waals surface area contributed by atoms with Crippen LogP contribution >= 0.6 is 0 Å². The van der Waals surface area contributed by atoms with E-state index in [4.69, 9.17) is 11.0 Å². The highest BCUT2D eigenvalue weighted by atomic mass is 16.1. The molecule has 1 aromatic carbocycles. The number of hydrogen-bond donors (Lipinski definition) is 1. The van der Waals surface area contributed by atoms with E-state index in [0.29, 0.717) is 12.0 Å². The maximum absolute atomic E-state index is 10.8. The van der Waals surface area contributed by atoms with Gasteiger partial charge in [-0.05, 0) is 17.7 Å². The maximum atomic E-state index is 10.8. The number of benzene rings is 1. The van der Waals surface area contributed by atoms with Crippen LogP contribution in [0.1, 0.15) is 17.5 Å². The van der Waals surface area contributed by atoms with Crippen molar-refractivity contribution in [2.75, 3.05) is 32.7 Å². The van der Waals surface area contributed by atoms with Gasteiger partial charge in [0.05, 0.1) is 11.6 Å². The number of nitrogens with two attached hydrogens (primary N) is 1. The summed E-state index contributed by atoms with van der Waals surface area (Å²) in [7, 11) is 0. The lowest BCUT2D eigenvalue weighted by atomic mass is 10.1. The minimum absolute atomic E-state index is 0.231. The molecule has 0 radical (unpaired) electrons. The molecule has 0 atom stereocenters. The smallest absolute Gasteiger partial charge is 0.218 e. The number of piperazine rings is 1. The summed E-state index contributed by atoms with van der Waals surface area (Å²) in [5, 5.41) is 8.77. The fourth-order valence-corrected chi connectivity index (χ4v) is 2.38. The maximum Gasteiger partial charge on any atom is 0.218 e. The molecule has 0 saturated carbocycles. The highest BCUT2D eigenvalue weighted by Crippen LogP contribution is 2.10. The van der Waals surface area contributed by atoms with Gasteiger partial charge in [-0.2, -0.15) is 5.26 Å².